The van der Waals surface area contributed by atoms with Gasteiger partial charge in [0.05, 0.1) is 27.4 Å². The lowest BCUT2D eigenvalue weighted by Gasteiger charge is -2.34. The Bertz CT molecular complexity index is 2350. The van der Waals surface area contributed by atoms with E-state index in [-0.39, 0.29) is 24.4 Å². The topological polar surface area (TPSA) is 146 Å². The van der Waals surface area contributed by atoms with Crippen molar-refractivity contribution in [2.45, 2.75) is 58.2 Å². The molecule has 1 aliphatic carbocycles. The smallest absolute Gasteiger partial charge is 0.335 e. The van der Waals surface area contributed by atoms with E-state index in [2.05, 4.69) is 86.0 Å². The highest BCUT2D eigenvalue weighted by Crippen LogP contribution is 2.56. The Kier molecular flexibility index (Phi) is 18.2. The van der Waals surface area contributed by atoms with E-state index in [1.165, 1.54) is 11.8 Å². The van der Waals surface area contributed by atoms with E-state index in [1.54, 1.807) is 18.7 Å². The average molecular weight is 1020 g/mol. The Balaban J connectivity index is 1.11. The second-order valence-electron chi connectivity index (χ2n) is 16.2. The largest absolute Gasteiger partial charge is 0.490 e. The number of ether oxygens (including phenoxy) is 4. The molecular weight excluding hydrogens is 965 g/mol. The number of hydrogen-bond donors (Lipinski definition) is 2. The van der Waals surface area contributed by atoms with Gasteiger partial charge in [0.1, 0.15) is 30.8 Å². The number of carboxylic acids is 2. The van der Waals surface area contributed by atoms with Gasteiger partial charge in [-0.25, -0.2) is 9.59 Å². The van der Waals surface area contributed by atoms with Gasteiger partial charge < -0.3 is 29.2 Å². The molecule has 2 saturated heterocycles. The van der Waals surface area contributed by atoms with E-state index < -0.39 is 53.2 Å². The van der Waals surface area contributed by atoms with Gasteiger partial charge in [-0.2, -0.15) is 11.8 Å². The van der Waals surface area contributed by atoms with Crippen LogP contribution in [0.15, 0.2) is 121 Å². The minimum atomic E-state index is -1.15. The number of hydrogen-bond acceptors (Lipinski definition) is 14. The van der Waals surface area contributed by atoms with Crippen LogP contribution >= 0.6 is 70.6 Å². The second kappa shape index (κ2) is 24.0. The van der Waals surface area contributed by atoms with Crippen molar-refractivity contribution in [1.82, 2.24) is 0 Å². The van der Waals surface area contributed by atoms with Crippen molar-refractivity contribution in [2.24, 2.45) is 0 Å². The van der Waals surface area contributed by atoms with Crippen LogP contribution in [0, 0.1) is 0 Å². The summed E-state index contributed by atoms with van der Waals surface area (Å²) in [6.45, 7) is 9.21. The van der Waals surface area contributed by atoms with Crippen LogP contribution in [0.4, 0.5) is 0 Å². The minimum Gasteiger partial charge on any atom is -0.490 e. The molecule has 3 aliphatic rings. The molecule has 2 atom stereocenters. The Morgan fingerprint density at radius 1 is 0.687 bits per heavy atom. The Labute approximate surface area is 417 Å². The van der Waals surface area contributed by atoms with E-state index in [1.807, 2.05) is 71.3 Å². The first-order valence-electron chi connectivity index (χ1n) is 21.9. The monoisotopic (exact) mass is 1020 g/mol. The fraction of sp³-hybridized carbons (Fsp3) is 0.373. The molecule has 4 aromatic rings. The van der Waals surface area contributed by atoms with E-state index in [0.717, 1.165) is 80.7 Å². The standard InChI is InChI=1S/C51H54O10S6/c1-33(28-44(52)53)48(56)60-39(31-62-22-20-46-63-24-25-64-46)30-58-37-16-12-35(13-17-37)51(42-10-6-4-8-40(42)41-9-5-7-11-43(41)51)36-14-18-38(19-15-36)59-32-50(3,61-49(57)34(2)29-45(54)55)67-23-21-47-65-26-27-66-47/h4-19,39,46-47H,1-2,20-32H2,3H3,(H,52,53)(H,54,55). The van der Waals surface area contributed by atoms with Crippen molar-refractivity contribution in [1.29, 1.82) is 0 Å². The van der Waals surface area contributed by atoms with Crippen LogP contribution in [0.5, 0.6) is 11.5 Å². The summed E-state index contributed by atoms with van der Waals surface area (Å²) in [5.74, 6) is 4.05. The maximum absolute atomic E-state index is 13.0. The molecule has 4 aromatic carbocycles. The summed E-state index contributed by atoms with van der Waals surface area (Å²) in [6, 6.07) is 32.8. The van der Waals surface area contributed by atoms with Crippen LogP contribution in [0.1, 0.15) is 54.9 Å². The van der Waals surface area contributed by atoms with E-state index in [4.69, 9.17) is 18.9 Å². The van der Waals surface area contributed by atoms with Gasteiger partial charge in [0, 0.05) is 39.9 Å². The molecule has 2 N–H and O–H groups in total. The van der Waals surface area contributed by atoms with Gasteiger partial charge >= 0.3 is 23.9 Å². The van der Waals surface area contributed by atoms with Gasteiger partial charge in [-0.15, -0.1) is 58.8 Å². The third-order valence-electron chi connectivity index (χ3n) is 11.3. The predicted molar refractivity (Wildman–Crippen MR) is 278 cm³/mol. The fourth-order valence-electron chi connectivity index (χ4n) is 8.17. The zero-order chi connectivity index (χ0) is 47.4. The molecule has 0 amide bonds. The summed E-state index contributed by atoms with van der Waals surface area (Å²) < 4.78 is 25.4. The molecule has 2 aliphatic heterocycles. The number of aliphatic carboxylic acids is 2. The summed E-state index contributed by atoms with van der Waals surface area (Å²) in [4.78, 5) is 47.4. The van der Waals surface area contributed by atoms with Crippen LogP contribution < -0.4 is 9.47 Å². The highest BCUT2D eigenvalue weighted by molar-refractivity contribution is 8.20. The number of carboxylic acid groups (broad SMARTS) is 2. The SMILES string of the molecule is C=C(CC(=O)O)C(=O)OC(COc1ccc(C2(c3ccc(OCC(C)(OC(=O)C(=C)CC(=O)O)SCCC4SCCS4)cc3)c3ccccc3-c3ccccc32)cc1)CSCCC1SCCS1. The molecule has 67 heavy (non-hydrogen) atoms. The minimum absolute atomic E-state index is 0.0287. The zero-order valence-electron chi connectivity index (χ0n) is 37.2. The molecule has 0 bridgehead atoms. The number of benzene rings is 4. The summed E-state index contributed by atoms with van der Waals surface area (Å²) >= 11 is 11.0. The van der Waals surface area contributed by atoms with Crippen molar-refractivity contribution in [2.75, 3.05) is 53.5 Å². The zero-order valence-corrected chi connectivity index (χ0v) is 42.1. The Morgan fingerprint density at radius 3 is 1.69 bits per heavy atom. The highest BCUT2D eigenvalue weighted by Gasteiger charge is 2.46. The summed E-state index contributed by atoms with van der Waals surface area (Å²) in [6.07, 6.45) is 0.344. The van der Waals surface area contributed by atoms with Gasteiger partial charge in [0.25, 0.3) is 0 Å². The summed E-state index contributed by atoms with van der Waals surface area (Å²) in [5.41, 5.74) is 5.55. The van der Waals surface area contributed by atoms with E-state index >= 15 is 0 Å². The van der Waals surface area contributed by atoms with Gasteiger partial charge in [0.15, 0.2) is 4.93 Å². The molecule has 2 heterocycles. The van der Waals surface area contributed by atoms with Gasteiger partial charge in [-0.3, -0.25) is 9.59 Å². The highest BCUT2D eigenvalue weighted by atomic mass is 32.2. The molecule has 2 unspecified atom stereocenters. The van der Waals surface area contributed by atoms with Crippen LogP contribution in [-0.4, -0.2) is 108 Å². The lowest BCUT2D eigenvalue weighted by molar-refractivity contribution is -0.149. The third-order valence-corrected chi connectivity index (χ3v) is 20.0. The van der Waals surface area contributed by atoms with Gasteiger partial charge in [0.2, 0.25) is 0 Å². The molecule has 0 aromatic heterocycles. The maximum Gasteiger partial charge on any atom is 0.335 e. The number of carbonyl (C=O) groups excluding carboxylic acids is 2. The molecule has 7 rings (SSSR count). The first-order chi connectivity index (χ1) is 32.3. The van der Waals surface area contributed by atoms with Crippen molar-refractivity contribution in [3.63, 3.8) is 0 Å². The van der Waals surface area contributed by atoms with Gasteiger partial charge in [-0.05, 0) is 88.9 Å². The Hall–Kier alpha value is -4.06. The quantitative estimate of drug-likeness (QED) is 0.0247. The first-order valence-corrected chi connectivity index (χ1v) is 28.3. The molecule has 0 spiro atoms. The van der Waals surface area contributed by atoms with Crippen molar-refractivity contribution in [3.8, 4) is 22.6 Å². The van der Waals surface area contributed by atoms with Crippen LogP contribution in [0.25, 0.3) is 11.1 Å². The normalized spacial score (nSPS) is 16.6. The fourth-order valence-corrected chi connectivity index (χ4v) is 16.5. The molecule has 2 fully saturated rings. The van der Waals surface area contributed by atoms with E-state index in [9.17, 15) is 29.4 Å². The summed E-state index contributed by atoms with van der Waals surface area (Å²) in [5, 5.41) is 18.5. The predicted octanol–water partition coefficient (Wildman–Crippen LogP) is 10.9. The van der Waals surface area contributed by atoms with Crippen LogP contribution in [0.2, 0.25) is 0 Å². The lowest BCUT2D eigenvalue weighted by Crippen LogP contribution is -2.36. The molecule has 0 radical (unpaired) electrons. The molecule has 0 saturated carbocycles. The number of thioether (sulfide) groups is 6. The molecule has 354 valence electrons. The van der Waals surface area contributed by atoms with Crippen molar-refractivity contribution >= 4 is 94.4 Å². The lowest BCUT2D eigenvalue weighted by atomic mass is 9.68. The maximum atomic E-state index is 13.0. The van der Waals surface area contributed by atoms with Crippen LogP contribution in [-0.2, 0) is 34.1 Å². The number of rotatable bonds is 25. The number of fused-ring (bicyclic) bond motifs is 3. The Morgan fingerprint density at radius 2 is 1.16 bits per heavy atom. The number of carbonyl (C=O) groups is 4. The van der Waals surface area contributed by atoms with Crippen molar-refractivity contribution < 1.29 is 48.3 Å². The number of esters is 2. The van der Waals surface area contributed by atoms with Crippen molar-refractivity contribution in [3.05, 3.63) is 144 Å². The second-order valence-corrected chi connectivity index (χ2v) is 24.8. The average Bonchev–Trinajstić information content (AvgIpc) is 4.10. The van der Waals surface area contributed by atoms with Crippen LogP contribution in [0.3, 0.4) is 0 Å². The third kappa shape index (κ3) is 13.2. The first kappa shape index (κ1) is 50.8. The molecule has 16 heteroatoms. The molecule has 10 nitrogen and oxygen atoms in total. The van der Waals surface area contributed by atoms with Gasteiger partial charge in [-0.1, -0.05) is 86.0 Å². The molecular formula is C51H54O10S6. The van der Waals surface area contributed by atoms with E-state index in [0.29, 0.717) is 26.4 Å². The summed E-state index contributed by atoms with van der Waals surface area (Å²) in [7, 11) is 0.